The monoisotopic (exact) mass is 275 g/mol. The SMILES string of the molecule is CC(=O)c1ccc2c(c1)C(=O)c1cc(C#N)ccc1CC2. The summed E-state index contributed by atoms with van der Waals surface area (Å²) in [6.45, 7) is 1.49. The molecule has 1 aliphatic rings. The molecule has 0 aliphatic heterocycles. The third kappa shape index (κ3) is 2.25. The van der Waals surface area contributed by atoms with Gasteiger partial charge in [-0.25, -0.2) is 0 Å². The summed E-state index contributed by atoms with van der Waals surface area (Å²) in [4.78, 5) is 24.3. The van der Waals surface area contributed by atoms with Crippen LogP contribution in [-0.4, -0.2) is 11.6 Å². The van der Waals surface area contributed by atoms with Gasteiger partial charge in [-0.05, 0) is 49.1 Å². The van der Waals surface area contributed by atoms with Gasteiger partial charge in [0.05, 0.1) is 11.6 Å². The van der Waals surface area contributed by atoms with Gasteiger partial charge >= 0.3 is 0 Å². The lowest BCUT2D eigenvalue weighted by molar-refractivity contribution is 0.101. The minimum atomic E-state index is -0.0994. The third-order valence-electron chi connectivity index (χ3n) is 3.91. The molecule has 0 radical (unpaired) electrons. The number of nitriles is 1. The number of fused-ring (bicyclic) bond motifs is 2. The highest BCUT2D eigenvalue weighted by atomic mass is 16.1. The summed E-state index contributed by atoms with van der Waals surface area (Å²) < 4.78 is 0. The molecule has 0 saturated carbocycles. The predicted octanol–water partition coefficient (Wildman–Crippen LogP) is 3.09. The average molecular weight is 275 g/mol. The maximum atomic E-state index is 12.8. The van der Waals surface area contributed by atoms with E-state index in [4.69, 9.17) is 5.26 Å². The van der Waals surface area contributed by atoms with E-state index in [1.807, 2.05) is 12.1 Å². The van der Waals surface area contributed by atoms with Gasteiger partial charge in [-0.15, -0.1) is 0 Å². The van der Waals surface area contributed by atoms with E-state index in [-0.39, 0.29) is 11.6 Å². The summed E-state index contributed by atoms with van der Waals surface area (Å²) in [5, 5.41) is 9.00. The summed E-state index contributed by atoms with van der Waals surface area (Å²) in [7, 11) is 0. The first-order chi connectivity index (χ1) is 10.1. The molecule has 0 heterocycles. The van der Waals surface area contributed by atoms with Crippen LogP contribution in [0.3, 0.4) is 0 Å². The predicted molar refractivity (Wildman–Crippen MR) is 78.4 cm³/mol. The van der Waals surface area contributed by atoms with Gasteiger partial charge in [-0.1, -0.05) is 18.2 Å². The summed E-state index contributed by atoms with van der Waals surface area (Å²) in [5.74, 6) is -0.154. The Morgan fingerprint density at radius 3 is 2.29 bits per heavy atom. The zero-order valence-electron chi connectivity index (χ0n) is 11.6. The molecule has 0 unspecified atom stereocenters. The molecule has 21 heavy (non-hydrogen) atoms. The normalized spacial score (nSPS) is 12.9. The van der Waals surface area contributed by atoms with Crippen molar-refractivity contribution in [2.45, 2.75) is 19.8 Å². The first kappa shape index (κ1) is 13.3. The van der Waals surface area contributed by atoms with Crippen molar-refractivity contribution in [1.82, 2.24) is 0 Å². The maximum Gasteiger partial charge on any atom is 0.193 e. The van der Waals surface area contributed by atoms with Crippen molar-refractivity contribution in [3.05, 3.63) is 69.8 Å². The van der Waals surface area contributed by atoms with E-state index in [2.05, 4.69) is 6.07 Å². The van der Waals surface area contributed by atoms with Crippen LogP contribution in [0.1, 0.15) is 49.9 Å². The Morgan fingerprint density at radius 2 is 1.67 bits per heavy atom. The van der Waals surface area contributed by atoms with Crippen molar-refractivity contribution in [3.63, 3.8) is 0 Å². The molecule has 0 atom stereocenters. The van der Waals surface area contributed by atoms with Crippen LogP contribution in [0, 0.1) is 11.3 Å². The number of aryl methyl sites for hydroxylation is 2. The second-order valence-electron chi connectivity index (χ2n) is 5.24. The van der Waals surface area contributed by atoms with Gasteiger partial charge in [-0.2, -0.15) is 5.26 Å². The van der Waals surface area contributed by atoms with E-state index >= 15 is 0 Å². The Kier molecular flexibility index (Phi) is 3.15. The van der Waals surface area contributed by atoms with Gasteiger partial charge < -0.3 is 0 Å². The van der Waals surface area contributed by atoms with Crippen LogP contribution >= 0.6 is 0 Å². The molecule has 1 aliphatic carbocycles. The number of benzene rings is 2. The molecule has 102 valence electrons. The van der Waals surface area contributed by atoms with Crippen molar-refractivity contribution in [2.24, 2.45) is 0 Å². The van der Waals surface area contributed by atoms with Crippen LogP contribution in [-0.2, 0) is 12.8 Å². The van der Waals surface area contributed by atoms with Crippen LogP contribution in [0.15, 0.2) is 36.4 Å². The molecule has 3 heteroatoms. The summed E-state index contributed by atoms with van der Waals surface area (Å²) in [6.07, 6.45) is 1.53. The highest BCUT2D eigenvalue weighted by Gasteiger charge is 2.22. The Bertz CT molecular complexity index is 812. The van der Waals surface area contributed by atoms with Gasteiger partial charge in [0.2, 0.25) is 0 Å². The van der Waals surface area contributed by atoms with Crippen LogP contribution in [0.25, 0.3) is 0 Å². The fourth-order valence-corrected chi connectivity index (χ4v) is 2.71. The standard InChI is InChI=1S/C18H13NO2/c1-11(20)15-7-6-14-5-4-13-3-2-12(10-19)8-16(13)18(21)17(14)9-15/h2-3,6-9H,4-5H2,1H3. The van der Waals surface area contributed by atoms with Gasteiger partial charge in [0.25, 0.3) is 0 Å². The highest BCUT2D eigenvalue weighted by molar-refractivity contribution is 6.12. The number of hydrogen-bond acceptors (Lipinski definition) is 3. The molecular weight excluding hydrogens is 262 g/mol. The number of Topliss-reactive ketones (excluding diaryl/α,β-unsaturated/α-hetero) is 1. The molecule has 2 aromatic carbocycles. The topological polar surface area (TPSA) is 57.9 Å². The highest BCUT2D eigenvalue weighted by Crippen LogP contribution is 2.26. The zero-order valence-corrected chi connectivity index (χ0v) is 11.6. The van der Waals surface area contributed by atoms with E-state index < -0.39 is 0 Å². The van der Waals surface area contributed by atoms with Gasteiger partial charge in [-0.3, -0.25) is 9.59 Å². The van der Waals surface area contributed by atoms with Crippen LogP contribution < -0.4 is 0 Å². The molecule has 0 amide bonds. The van der Waals surface area contributed by atoms with Crippen LogP contribution in [0.4, 0.5) is 0 Å². The summed E-state index contributed by atoms with van der Waals surface area (Å²) in [6, 6.07) is 12.6. The fourth-order valence-electron chi connectivity index (χ4n) is 2.71. The van der Waals surface area contributed by atoms with Gasteiger partial charge in [0.15, 0.2) is 11.6 Å². The van der Waals surface area contributed by atoms with E-state index in [1.165, 1.54) is 6.92 Å². The van der Waals surface area contributed by atoms with Crippen molar-refractivity contribution < 1.29 is 9.59 Å². The number of nitrogens with zero attached hydrogens (tertiary/aromatic N) is 1. The minimum Gasteiger partial charge on any atom is -0.295 e. The van der Waals surface area contributed by atoms with Crippen molar-refractivity contribution in [3.8, 4) is 6.07 Å². The first-order valence-corrected chi connectivity index (χ1v) is 6.82. The van der Waals surface area contributed by atoms with Crippen molar-refractivity contribution in [2.75, 3.05) is 0 Å². The van der Waals surface area contributed by atoms with E-state index in [0.29, 0.717) is 22.3 Å². The minimum absolute atomic E-state index is 0.0548. The fraction of sp³-hybridized carbons (Fsp3) is 0.167. The van der Waals surface area contributed by atoms with E-state index in [9.17, 15) is 9.59 Å². The number of rotatable bonds is 1. The quantitative estimate of drug-likeness (QED) is 0.751. The largest absolute Gasteiger partial charge is 0.295 e. The second-order valence-corrected chi connectivity index (χ2v) is 5.24. The number of carbonyl (C=O) groups excluding carboxylic acids is 2. The number of ketones is 2. The molecular formula is C18H13NO2. The lowest BCUT2D eigenvalue weighted by atomic mass is 9.95. The number of carbonyl (C=O) groups is 2. The van der Waals surface area contributed by atoms with E-state index in [0.717, 1.165) is 24.0 Å². The van der Waals surface area contributed by atoms with E-state index in [1.54, 1.807) is 24.3 Å². The Morgan fingerprint density at radius 1 is 1.05 bits per heavy atom. The number of hydrogen-bond donors (Lipinski definition) is 0. The molecule has 0 saturated heterocycles. The Balaban J connectivity index is 2.19. The molecule has 0 bridgehead atoms. The average Bonchev–Trinajstić information content (AvgIpc) is 2.64. The van der Waals surface area contributed by atoms with Crippen LogP contribution in [0.2, 0.25) is 0 Å². The summed E-state index contributed by atoms with van der Waals surface area (Å²) >= 11 is 0. The molecule has 0 N–H and O–H groups in total. The molecule has 3 nitrogen and oxygen atoms in total. The molecule has 0 aromatic heterocycles. The van der Waals surface area contributed by atoms with Gasteiger partial charge in [0.1, 0.15) is 0 Å². The second kappa shape index (κ2) is 4.99. The lowest BCUT2D eigenvalue weighted by Gasteiger charge is -2.07. The maximum absolute atomic E-state index is 12.8. The van der Waals surface area contributed by atoms with Gasteiger partial charge in [0, 0.05) is 16.7 Å². The lowest BCUT2D eigenvalue weighted by Crippen LogP contribution is -2.06. The molecule has 2 aromatic rings. The summed E-state index contributed by atoms with van der Waals surface area (Å²) in [5.41, 5.74) is 4.10. The van der Waals surface area contributed by atoms with Crippen LogP contribution in [0.5, 0.6) is 0 Å². The molecule has 0 spiro atoms. The first-order valence-electron chi connectivity index (χ1n) is 6.82. The third-order valence-corrected chi connectivity index (χ3v) is 3.91. The van der Waals surface area contributed by atoms with Crippen molar-refractivity contribution >= 4 is 11.6 Å². The zero-order chi connectivity index (χ0) is 15.0. The molecule has 3 rings (SSSR count). The Hall–Kier alpha value is -2.73. The van der Waals surface area contributed by atoms with Crippen molar-refractivity contribution in [1.29, 1.82) is 5.26 Å². The Labute approximate surface area is 122 Å². The molecule has 0 fully saturated rings. The smallest absolute Gasteiger partial charge is 0.193 e.